The van der Waals surface area contributed by atoms with Gasteiger partial charge in [-0.1, -0.05) is 0 Å². The molecule has 0 saturated carbocycles. The number of nitrogens with zero attached hydrogens (tertiary/aromatic N) is 1. The molecule has 0 aromatic heterocycles. The van der Waals surface area contributed by atoms with Crippen molar-refractivity contribution in [1.29, 1.82) is 0 Å². The highest BCUT2D eigenvalue weighted by molar-refractivity contribution is 6.02. The van der Waals surface area contributed by atoms with Gasteiger partial charge in [-0.05, 0) is 0 Å². The molecular formula is CH4BNO2. The van der Waals surface area contributed by atoms with Crippen LogP contribution in [0.3, 0.4) is 0 Å². The smallest absolute Gasteiger partial charge is 0.267 e. The average molecular weight is 72.9 g/mol. The van der Waals surface area contributed by atoms with Crippen LogP contribution in [0.4, 0.5) is 0 Å². The maximum atomic E-state index is 7.75. The van der Waals surface area contributed by atoms with E-state index in [9.17, 15) is 0 Å². The summed E-state index contributed by atoms with van der Waals surface area (Å²) in [5.41, 5.74) is 0. The van der Waals surface area contributed by atoms with Gasteiger partial charge in [-0.25, -0.2) is 0 Å². The van der Waals surface area contributed by atoms with Gasteiger partial charge in [0.05, 0.1) is 7.11 Å². The van der Waals surface area contributed by atoms with Gasteiger partial charge < -0.3 is 5.21 Å². The van der Waals surface area contributed by atoms with Crippen LogP contribution in [0.15, 0.2) is 0 Å². The van der Waals surface area contributed by atoms with Gasteiger partial charge >= 0.3 is 0 Å². The molecule has 3 nitrogen and oxygen atoms in total. The second kappa shape index (κ2) is 2.20. The van der Waals surface area contributed by atoms with E-state index in [2.05, 4.69) is 12.8 Å². The van der Waals surface area contributed by atoms with Crippen LogP contribution in [0.25, 0.3) is 0 Å². The zero-order valence-corrected chi connectivity index (χ0v) is 2.88. The van der Waals surface area contributed by atoms with Gasteiger partial charge in [0.15, 0.2) is 0 Å². The minimum atomic E-state index is 0.125. The van der Waals surface area contributed by atoms with E-state index in [0.717, 1.165) is 0 Å². The molecule has 0 rings (SSSR count). The first-order chi connectivity index (χ1) is 2.27. The van der Waals surface area contributed by atoms with Crippen molar-refractivity contribution < 1.29 is 10.0 Å². The van der Waals surface area contributed by atoms with E-state index in [1.165, 1.54) is 7.11 Å². The van der Waals surface area contributed by atoms with E-state index in [1.807, 2.05) is 0 Å². The number of hydrogen-bond acceptors (Lipinski definition) is 3. The first kappa shape index (κ1) is 4.94. The normalized spacial score (nSPS) is 9.40. The summed E-state index contributed by atoms with van der Waals surface area (Å²) >= 11 is 0. The van der Waals surface area contributed by atoms with Crippen LogP contribution < -0.4 is 0 Å². The van der Waals surface area contributed by atoms with Gasteiger partial charge in [0.25, 0.3) is 7.98 Å². The van der Waals surface area contributed by atoms with E-state index in [1.54, 1.807) is 0 Å². The summed E-state index contributed by atoms with van der Waals surface area (Å²) in [5, 5.41) is 7.88. The zero-order chi connectivity index (χ0) is 4.28. The van der Waals surface area contributed by atoms with E-state index < -0.39 is 0 Å². The van der Waals surface area contributed by atoms with Crippen LogP contribution >= 0.6 is 0 Å². The topological polar surface area (TPSA) is 32.7 Å². The average Bonchev–Trinajstić information content (AvgIpc) is 1.38. The number of hydrogen-bond donors (Lipinski definition) is 1. The summed E-state index contributed by atoms with van der Waals surface area (Å²) in [6.45, 7) is 0. The molecule has 0 bridgehead atoms. The molecule has 2 radical (unpaired) electrons. The first-order valence-corrected chi connectivity index (χ1v) is 1.05. The van der Waals surface area contributed by atoms with Crippen molar-refractivity contribution in [1.82, 2.24) is 5.14 Å². The van der Waals surface area contributed by atoms with Crippen LogP contribution in [0.1, 0.15) is 0 Å². The van der Waals surface area contributed by atoms with Gasteiger partial charge in [0, 0.05) is 0 Å². The Kier molecular flexibility index (Phi) is 2.17. The largest absolute Gasteiger partial charge is 0.303 e. The highest BCUT2D eigenvalue weighted by Gasteiger charge is 1.74. The summed E-state index contributed by atoms with van der Waals surface area (Å²) in [4.78, 5) is 3.92. The maximum absolute atomic E-state index is 7.75. The fourth-order valence-corrected chi connectivity index (χ4v) is 0. The molecule has 0 amide bonds. The van der Waals surface area contributed by atoms with Crippen LogP contribution in [0, 0.1) is 0 Å². The van der Waals surface area contributed by atoms with Gasteiger partial charge in [-0.15, -0.1) is 5.14 Å². The molecule has 0 atom stereocenters. The second-order valence-electron chi connectivity index (χ2n) is 0.485. The fraction of sp³-hybridized carbons (Fsp3) is 1.00. The Labute approximate surface area is 31.5 Å². The SMILES string of the molecule is [B]N(O)OC. The van der Waals surface area contributed by atoms with Gasteiger partial charge in [0.2, 0.25) is 0 Å². The molecule has 4 heteroatoms. The van der Waals surface area contributed by atoms with Gasteiger partial charge in [0.1, 0.15) is 0 Å². The summed E-state index contributed by atoms with van der Waals surface area (Å²) in [7, 11) is 5.71. The van der Waals surface area contributed by atoms with E-state index in [-0.39, 0.29) is 5.14 Å². The summed E-state index contributed by atoms with van der Waals surface area (Å²) < 4.78 is 0. The molecule has 0 fully saturated rings. The minimum Gasteiger partial charge on any atom is -0.303 e. The molecule has 0 spiro atoms. The van der Waals surface area contributed by atoms with Gasteiger partial charge in [-0.2, -0.15) is 0 Å². The van der Waals surface area contributed by atoms with Crippen molar-refractivity contribution in [2.24, 2.45) is 0 Å². The van der Waals surface area contributed by atoms with Crippen LogP contribution in [-0.4, -0.2) is 25.4 Å². The molecule has 0 aromatic carbocycles. The van der Waals surface area contributed by atoms with Crippen molar-refractivity contribution in [3.05, 3.63) is 0 Å². The van der Waals surface area contributed by atoms with E-state index >= 15 is 0 Å². The third-order valence-corrected chi connectivity index (χ3v) is 0.187. The second-order valence-corrected chi connectivity index (χ2v) is 0.485. The Bertz CT molecular complexity index is 23.6. The molecule has 0 heterocycles. The Morgan fingerprint density at radius 3 is 2.20 bits per heavy atom. The standard InChI is InChI=1S/CH4BNO2/c1-5-3(2)4/h4H,1H3. The number of rotatable bonds is 1. The quantitative estimate of drug-likeness (QED) is 0.329. The van der Waals surface area contributed by atoms with E-state index in [0.29, 0.717) is 0 Å². The van der Waals surface area contributed by atoms with Crippen LogP contribution in [0.2, 0.25) is 0 Å². The van der Waals surface area contributed by atoms with Crippen molar-refractivity contribution in [3.8, 4) is 0 Å². The van der Waals surface area contributed by atoms with Crippen molar-refractivity contribution in [2.75, 3.05) is 7.11 Å². The van der Waals surface area contributed by atoms with Crippen molar-refractivity contribution in [3.63, 3.8) is 0 Å². The van der Waals surface area contributed by atoms with E-state index in [4.69, 9.17) is 5.21 Å². The molecule has 0 aliphatic heterocycles. The van der Waals surface area contributed by atoms with Crippen LogP contribution in [0.5, 0.6) is 0 Å². The minimum absolute atomic E-state index is 0.125. The van der Waals surface area contributed by atoms with Crippen molar-refractivity contribution >= 4 is 7.98 Å². The molecule has 0 aromatic rings. The third-order valence-electron chi connectivity index (χ3n) is 0.187. The third kappa shape index (κ3) is 3.94. The Balaban J connectivity index is 2.54. The predicted octanol–water partition coefficient (Wildman–Crippen LogP) is -0.677. The van der Waals surface area contributed by atoms with Gasteiger partial charge in [-0.3, -0.25) is 4.84 Å². The fourth-order valence-electron chi connectivity index (χ4n) is 0. The molecule has 0 aliphatic rings. The predicted molar refractivity (Wildman–Crippen MR) is 16.4 cm³/mol. The molecule has 1 N–H and O–H groups in total. The zero-order valence-electron chi connectivity index (χ0n) is 2.88. The first-order valence-electron chi connectivity index (χ1n) is 1.05. The molecule has 28 valence electrons. The maximum Gasteiger partial charge on any atom is 0.267 e. The molecule has 0 saturated heterocycles. The Hall–Kier alpha value is -0.0551. The summed E-state index contributed by atoms with van der Waals surface area (Å²) in [5.74, 6) is 0. The highest BCUT2D eigenvalue weighted by atomic mass is 16.9. The summed E-state index contributed by atoms with van der Waals surface area (Å²) in [6, 6.07) is 0. The molecule has 5 heavy (non-hydrogen) atoms. The Morgan fingerprint density at radius 1 is 2.00 bits per heavy atom. The molecule has 0 unspecified atom stereocenters. The molecular weight excluding hydrogens is 68.8 g/mol. The Morgan fingerprint density at radius 2 is 2.20 bits per heavy atom. The lowest BCUT2D eigenvalue weighted by Crippen LogP contribution is -2.11. The monoisotopic (exact) mass is 73.0 g/mol. The van der Waals surface area contributed by atoms with Crippen molar-refractivity contribution in [2.45, 2.75) is 0 Å². The van der Waals surface area contributed by atoms with Crippen LogP contribution in [-0.2, 0) is 4.84 Å². The molecule has 0 aliphatic carbocycles. The lowest BCUT2D eigenvalue weighted by Gasteiger charge is -1.99. The summed E-state index contributed by atoms with van der Waals surface area (Å²) in [6.07, 6.45) is 0. The lowest BCUT2D eigenvalue weighted by molar-refractivity contribution is -0.251. The highest BCUT2D eigenvalue weighted by Crippen LogP contribution is 1.61. The lowest BCUT2D eigenvalue weighted by atomic mass is 10.5.